The van der Waals surface area contributed by atoms with Gasteiger partial charge in [-0.1, -0.05) is 0 Å². The fourth-order valence-corrected chi connectivity index (χ4v) is 3.94. The van der Waals surface area contributed by atoms with E-state index in [1.807, 2.05) is 6.92 Å². The largest absolute Gasteiger partial charge is 0.511 e. The molecule has 0 spiro atoms. The first kappa shape index (κ1) is 23.2. The highest BCUT2D eigenvalue weighted by atomic mass is 32.2. The molecule has 0 atom stereocenters. The maximum Gasteiger partial charge on any atom is 0.511 e. The van der Waals surface area contributed by atoms with Crippen LogP contribution in [-0.2, 0) is 14.8 Å². The predicted molar refractivity (Wildman–Crippen MR) is 101 cm³/mol. The number of rotatable bonds is 10. The van der Waals surface area contributed by atoms with Gasteiger partial charge in [-0.3, -0.25) is 4.99 Å². The number of guanidine groups is 1. The number of sulfonamides is 1. The third-order valence-electron chi connectivity index (χ3n) is 4.87. The molecular formula is C17H31F3N4O3S. The molecule has 1 saturated heterocycles. The van der Waals surface area contributed by atoms with Gasteiger partial charge in [0, 0.05) is 45.9 Å². The van der Waals surface area contributed by atoms with Crippen molar-refractivity contribution >= 4 is 16.0 Å². The zero-order valence-corrected chi connectivity index (χ0v) is 17.1. The Bertz CT molecular complexity index is 601. The summed E-state index contributed by atoms with van der Waals surface area (Å²) in [6.07, 6.45) is 4.15. The summed E-state index contributed by atoms with van der Waals surface area (Å²) in [6, 6.07) is 0. The van der Waals surface area contributed by atoms with Crippen molar-refractivity contribution in [1.29, 1.82) is 0 Å². The molecule has 0 aromatic carbocycles. The van der Waals surface area contributed by atoms with Crippen LogP contribution in [0.15, 0.2) is 4.99 Å². The van der Waals surface area contributed by atoms with E-state index in [1.165, 1.54) is 12.8 Å². The second-order valence-electron chi connectivity index (χ2n) is 7.31. The second-order valence-corrected chi connectivity index (χ2v) is 9.24. The molecular weight excluding hydrogens is 397 g/mol. The van der Waals surface area contributed by atoms with Gasteiger partial charge < -0.3 is 15.4 Å². The number of ether oxygens (including phenoxy) is 1. The Kier molecular flexibility index (Phi) is 8.81. The number of hydrogen-bond donors (Lipinski definition) is 2. The van der Waals surface area contributed by atoms with Crippen molar-refractivity contribution in [1.82, 2.24) is 14.9 Å². The Morgan fingerprint density at radius 1 is 1.14 bits per heavy atom. The van der Waals surface area contributed by atoms with Crippen molar-refractivity contribution in [2.24, 2.45) is 16.8 Å². The first-order valence-electron chi connectivity index (χ1n) is 9.90. The summed E-state index contributed by atoms with van der Waals surface area (Å²) in [5.41, 5.74) is -5.23. The van der Waals surface area contributed by atoms with E-state index in [9.17, 15) is 21.6 Å². The minimum absolute atomic E-state index is 0.0667. The van der Waals surface area contributed by atoms with Gasteiger partial charge in [0.15, 0.2) is 5.96 Å². The first-order valence-corrected chi connectivity index (χ1v) is 11.3. The number of piperidine rings is 1. The monoisotopic (exact) mass is 428 g/mol. The average Bonchev–Trinajstić information content (AvgIpc) is 3.46. The van der Waals surface area contributed by atoms with E-state index in [1.54, 1.807) is 0 Å². The van der Waals surface area contributed by atoms with Crippen LogP contribution in [0.5, 0.6) is 0 Å². The van der Waals surface area contributed by atoms with Gasteiger partial charge in [-0.05, 0) is 50.9 Å². The lowest BCUT2D eigenvalue weighted by molar-refractivity contribution is -0.0496. The molecule has 0 amide bonds. The Labute approximate surface area is 165 Å². The minimum Gasteiger partial charge on any atom is -0.381 e. The van der Waals surface area contributed by atoms with Crippen molar-refractivity contribution in [3.63, 3.8) is 0 Å². The Morgan fingerprint density at radius 2 is 1.82 bits per heavy atom. The zero-order chi connectivity index (χ0) is 20.6. The van der Waals surface area contributed by atoms with Crippen molar-refractivity contribution in [3.05, 3.63) is 0 Å². The summed E-state index contributed by atoms with van der Waals surface area (Å²) in [5.74, 6) is 1.48. The van der Waals surface area contributed by atoms with Crippen LogP contribution >= 0.6 is 0 Å². The normalized spacial score (nSPS) is 20.4. The van der Waals surface area contributed by atoms with Crippen LogP contribution in [0.25, 0.3) is 0 Å². The fourth-order valence-electron chi connectivity index (χ4n) is 2.96. The number of hydrogen-bond acceptors (Lipinski definition) is 4. The van der Waals surface area contributed by atoms with Gasteiger partial charge in [-0.2, -0.15) is 17.5 Å². The van der Waals surface area contributed by atoms with E-state index in [2.05, 4.69) is 15.6 Å². The first-order chi connectivity index (χ1) is 13.2. The molecule has 2 fully saturated rings. The van der Waals surface area contributed by atoms with Crippen molar-refractivity contribution < 1.29 is 26.3 Å². The molecule has 164 valence electrons. The molecule has 0 bridgehead atoms. The highest BCUT2D eigenvalue weighted by Crippen LogP contribution is 2.30. The van der Waals surface area contributed by atoms with E-state index in [4.69, 9.17) is 4.74 Å². The van der Waals surface area contributed by atoms with Gasteiger partial charge in [-0.25, -0.2) is 8.42 Å². The molecule has 7 nitrogen and oxygen atoms in total. The molecule has 0 aromatic rings. The van der Waals surface area contributed by atoms with Crippen LogP contribution in [0.1, 0.15) is 39.0 Å². The molecule has 0 aromatic heterocycles. The number of halogens is 3. The van der Waals surface area contributed by atoms with Gasteiger partial charge in [0.05, 0.1) is 0 Å². The summed E-state index contributed by atoms with van der Waals surface area (Å²) in [6.45, 7) is 5.13. The summed E-state index contributed by atoms with van der Waals surface area (Å²) < 4.78 is 66.8. The minimum atomic E-state index is -5.23. The molecule has 0 radical (unpaired) electrons. The third-order valence-corrected chi connectivity index (χ3v) is 6.50. The molecule has 11 heteroatoms. The van der Waals surface area contributed by atoms with E-state index in [-0.39, 0.29) is 19.0 Å². The highest BCUT2D eigenvalue weighted by molar-refractivity contribution is 7.90. The Balaban J connectivity index is 1.69. The SMILES string of the molecule is CCNC(=NCC1CCN(S(=O)(=O)C(F)(F)F)CC1)NCCCOCC1CC1. The standard InChI is InChI=1S/C17H31F3N4O3S/c1-2-21-16(22-8-3-11-27-13-15-4-5-15)23-12-14-6-9-24(10-7-14)28(25,26)17(18,19)20/h14-15H,2-13H2,1H3,(H2,21,22,23). The summed E-state index contributed by atoms with van der Waals surface area (Å²) in [5, 5.41) is 6.36. The number of nitrogens with zero attached hydrogens (tertiary/aromatic N) is 2. The van der Waals surface area contributed by atoms with Gasteiger partial charge >= 0.3 is 15.5 Å². The van der Waals surface area contributed by atoms with Crippen LogP contribution in [0, 0.1) is 11.8 Å². The number of nitrogens with one attached hydrogen (secondary N) is 2. The quantitative estimate of drug-likeness (QED) is 0.316. The van der Waals surface area contributed by atoms with Gasteiger partial charge in [0.25, 0.3) is 0 Å². The van der Waals surface area contributed by atoms with Crippen LogP contribution in [-0.4, -0.2) is 70.1 Å². The lowest BCUT2D eigenvalue weighted by Crippen LogP contribution is -2.45. The van der Waals surface area contributed by atoms with E-state index in [0.29, 0.717) is 42.8 Å². The topological polar surface area (TPSA) is 83.0 Å². The zero-order valence-electron chi connectivity index (χ0n) is 16.3. The number of aliphatic imine (C=N–C) groups is 1. The molecule has 1 saturated carbocycles. The molecule has 2 N–H and O–H groups in total. The maximum absolute atomic E-state index is 12.6. The molecule has 1 aliphatic heterocycles. The van der Waals surface area contributed by atoms with E-state index in [0.717, 1.165) is 25.5 Å². The molecule has 0 unspecified atom stereocenters. The van der Waals surface area contributed by atoms with Crippen molar-refractivity contribution in [2.75, 3.05) is 45.9 Å². The smallest absolute Gasteiger partial charge is 0.381 e. The summed E-state index contributed by atoms with van der Waals surface area (Å²) >= 11 is 0. The van der Waals surface area contributed by atoms with Crippen molar-refractivity contribution in [3.8, 4) is 0 Å². The predicted octanol–water partition coefficient (Wildman–Crippen LogP) is 1.92. The molecule has 2 aliphatic rings. The summed E-state index contributed by atoms with van der Waals surface area (Å²) in [7, 11) is -5.22. The lowest BCUT2D eigenvalue weighted by atomic mass is 9.98. The van der Waals surface area contributed by atoms with Crippen molar-refractivity contribution in [2.45, 2.75) is 44.5 Å². The van der Waals surface area contributed by atoms with Gasteiger partial charge in [-0.15, -0.1) is 0 Å². The second kappa shape index (κ2) is 10.6. The number of alkyl halides is 3. The molecule has 28 heavy (non-hydrogen) atoms. The van der Waals surface area contributed by atoms with Crippen LogP contribution in [0.2, 0.25) is 0 Å². The van der Waals surface area contributed by atoms with Crippen LogP contribution < -0.4 is 10.6 Å². The fraction of sp³-hybridized carbons (Fsp3) is 0.941. The Morgan fingerprint density at radius 3 is 2.39 bits per heavy atom. The van der Waals surface area contributed by atoms with Gasteiger partial charge in [0.2, 0.25) is 0 Å². The van der Waals surface area contributed by atoms with Crippen LogP contribution in [0.3, 0.4) is 0 Å². The van der Waals surface area contributed by atoms with Gasteiger partial charge in [0.1, 0.15) is 0 Å². The molecule has 1 aliphatic carbocycles. The molecule has 1 heterocycles. The highest BCUT2D eigenvalue weighted by Gasteiger charge is 2.50. The summed E-state index contributed by atoms with van der Waals surface area (Å²) in [4.78, 5) is 4.49. The van der Waals surface area contributed by atoms with Crippen LogP contribution in [0.4, 0.5) is 13.2 Å². The maximum atomic E-state index is 12.6. The lowest BCUT2D eigenvalue weighted by Gasteiger charge is -2.30. The Hall–Kier alpha value is -1.07. The van der Waals surface area contributed by atoms with E-state index >= 15 is 0 Å². The average molecular weight is 429 g/mol. The molecule has 2 rings (SSSR count). The van der Waals surface area contributed by atoms with E-state index < -0.39 is 15.5 Å². The third kappa shape index (κ3) is 7.40.